The molecule has 0 aromatic rings. The molecule has 20 heavy (non-hydrogen) atoms. The van der Waals surface area contributed by atoms with Gasteiger partial charge in [0.1, 0.15) is 6.17 Å². The van der Waals surface area contributed by atoms with Gasteiger partial charge in [-0.2, -0.15) is 0 Å². The van der Waals surface area contributed by atoms with Crippen LogP contribution in [0.15, 0.2) is 35.4 Å². The highest BCUT2D eigenvalue weighted by Crippen LogP contribution is 2.27. The predicted molar refractivity (Wildman–Crippen MR) is 81.5 cm³/mol. The number of thiocarbonyl (C=S) groups is 1. The molecule has 0 aromatic carbocycles. The van der Waals surface area contributed by atoms with Crippen molar-refractivity contribution in [1.29, 1.82) is 0 Å². The second-order valence-corrected chi connectivity index (χ2v) is 5.17. The van der Waals surface area contributed by atoms with E-state index in [0.29, 0.717) is 5.11 Å². The zero-order valence-corrected chi connectivity index (χ0v) is 12.2. The van der Waals surface area contributed by atoms with Crippen LogP contribution in [0.2, 0.25) is 0 Å². The van der Waals surface area contributed by atoms with E-state index in [2.05, 4.69) is 32.2 Å². The Morgan fingerprint density at radius 3 is 2.95 bits per heavy atom. The summed E-state index contributed by atoms with van der Waals surface area (Å²) in [5.74, 6) is 0. The van der Waals surface area contributed by atoms with Crippen molar-refractivity contribution in [2.75, 3.05) is 33.4 Å². The van der Waals surface area contributed by atoms with Crippen LogP contribution in [-0.2, 0) is 4.74 Å². The molecule has 108 valence electrons. The second-order valence-electron chi connectivity index (χ2n) is 4.76. The largest absolute Gasteiger partial charge is 0.378 e. The zero-order valence-electron chi connectivity index (χ0n) is 11.4. The van der Waals surface area contributed by atoms with Gasteiger partial charge in [-0.05, 0) is 18.3 Å². The maximum absolute atomic E-state index is 5.43. The van der Waals surface area contributed by atoms with Crippen molar-refractivity contribution in [1.82, 2.24) is 26.2 Å². The molecule has 6 nitrogen and oxygen atoms in total. The monoisotopic (exact) mass is 293 g/mol. The third-order valence-corrected chi connectivity index (χ3v) is 3.89. The molecule has 0 bridgehead atoms. The number of morpholine rings is 1. The molecule has 0 saturated carbocycles. The van der Waals surface area contributed by atoms with Crippen LogP contribution in [0.1, 0.15) is 0 Å². The average Bonchev–Trinajstić information content (AvgIpc) is 2.91. The standard InChI is InChI=1S/C13H19N5OS/c1-14-13(20)17-9-8-16-12-11(9)10(2-3-15-12)18-4-6-19-7-5-18/h2-3,8,12,15-16H,4-7H2,1H3,(H2,14,17,20). The maximum Gasteiger partial charge on any atom is 0.170 e. The molecule has 0 aromatic heterocycles. The number of allylic oxidation sites excluding steroid dienone is 1. The van der Waals surface area contributed by atoms with Crippen LogP contribution in [0.25, 0.3) is 0 Å². The highest BCUT2D eigenvalue weighted by Gasteiger charge is 2.30. The van der Waals surface area contributed by atoms with Gasteiger partial charge in [-0.1, -0.05) is 0 Å². The highest BCUT2D eigenvalue weighted by atomic mass is 32.1. The second kappa shape index (κ2) is 5.72. The maximum atomic E-state index is 5.43. The number of hydrogen-bond donors (Lipinski definition) is 4. The van der Waals surface area contributed by atoms with Gasteiger partial charge in [0.25, 0.3) is 0 Å². The summed E-state index contributed by atoms with van der Waals surface area (Å²) >= 11 is 5.20. The van der Waals surface area contributed by atoms with Crippen molar-refractivity contribution in [3.8, 4) is 0 Å². The van der Waals surface area contributed by atoms with Crippen molar-refractivity contribution in [3.05, 3.63) is 35.4 Å². The summed E-state index contributed by atoms with van der Waals surface area (Å²) in [7, 11) is 1.81. The van der Waals surface area contributed by atoms with Crippen LogP contribution in [0.3, 0.4) is 0 Å². The van der Waals surface area contributed by atoms with Crippen LogP contribution >= 0.6 is 12.2 Å². The van der Waals surface area contributed by atoms with E-state index in [1.807, 2.05) is 19.4 Å². The van der Waals surface area contributed by atoms with Gasteiger partial charge in [-0.25, -0.2) is 0 Å². The molecule has 0 spiro atoms. The molecular formula is C13H19N5OS. The Hall–Kier alpha value is -1.73. The SMILES string of the molecule is CNC(=S)NC1=CNC2NC=CC(N3CCOCC3)=C12. The van der Waals surface area contributed by atoms with Gasteiger partial charge in [0.15, 0.2) is 5.11 Å². The summed E-state index contributed by atoms with van der Waals surface area (Å²) in [4.78, 5) is 2.36. The quantitative estimate of drug-likeness (QED) is 0.515. The third kappa shape index (κ3) is 2.46. The van der Waals surface area contributed by atoms with Crippen LogP contribution in [-0.4, -0.2) is 49.5 Å². The van der Waals surface area contributed by atoms with Gasteiger partial charge in [-0.3, -0.25) is 0 Å². The molecule has 4 N–H and O–H groups in total. The molecule has 7 heteroatoms. The van der Waals surface area contributed by atoms with E-state index in [0.717, 1.165) is 32.0 Å². The summed E-state index contributed by atoms with van der Waals surface area (Å²) in [5.41, 5.74) is 3.43. The van der Waals surface area contributed by atoms with Crippen molar-refractivity contribution < 1.29 is 4.74 Å². The molecule has 3 aliphatic heterocycles. The summed E-state index contributed by atoms with van der Waals surface area (Å²) in [6.07, 6.45) is 6.16. The smallest absolute Gasteiger partial charge is 0.170 e. The molecule has 0 radical (unpaired) electrons. The average molecular weight is 293 g/mol. The lowest BCUT2D eigenvalue weighted by molar-refractivity contribution is 0.0546. The number of fused-ring (bicyclic) bond motifs is 1. The molecule has 3 rings (SSSR count). The van der Waals surface area contributed by atoms with Gasteiger partial charge in [-0.15, -0.1) is 0 Å². The topological polar surface area (TPSA) is 60.6 Å². The van der Waals surface area contributed by atoms with Crippen molar-refractivity contribution in [2.24, 2.45) is 0 Å². The Kier molecular flexibility index (Phi) is 3.79. The van der Waals surface area contributed by atoms with Crippen LogP contribution < -0.4 is 21.3 Å². The lowest BCUT2D eigenvalue weighted by atomic mass is 10.1. The Morgan fingerprint density at radius 2 is 2.20 bits per heavy atom. The van der Waals surface area contributed by atoms with Gasteiger partial charge >= 0.3 is 0 Å². The minimum absolute atomic E-state index is 0.0972. The van der Waals surface area contributed by atoms with Crippen molar-refractivity contribution >= 4 is 17.3 Å². The van der Waals surface area contributed by atoms with Crippen LogP contribution in [0.5, 0.6) is 0 Å². The third-order valence-electron chi connectivity index (χ3n) is 3.58. The van der Waals surface area contributed by atoms with E-state index < -0.39 is 0 Å². The fourth-order valence-electron chi connectivity index (χ4n) is 2.58. The number of rotatable bonds is 2. The summed E-state index contributed by atoms with van der Waals surface area (Å²) in [5, 5.41) is 13.4. The molecule has 1 saturated heterocycles. The Balaban J connectivity index is 1.87. The van der Waals surface area contributed by atoms with E-state index in [1.165, 1.54) is 11.3 Å². The Labute approximate surface area is 123 Å². The number of hydrogen-bond acceptors (Lipinski definition) is 5. The summed E-state index contributed by atoms with van der Waals surface area (Å²) in [6.45, 7) is 3.38. The fraction of sp³-hybridized carbons (Fsp3) is 0.462. The van der Waals surface area contributed by atoms with Gasteiger partial charge < -0.3 is 30.9 Å². The summed E-state index contributed by atoms with van der Waals surface area (Å²) < 4.78 is 5.43. The fourth-order valence-corrected chi connectivity index (χ4v) is 2.69. The van der Waals surface area contributed by atoms with Crippen molar-refractivity contribution in [3.63, 3.8) is 0 Å². The lowest BCUT2D eigenvalue weighted by Crippen LogP contribution is -2.43. The zero-order chi connectivity index (χ0) is 13.9. The number of ether oxygens (including phenoxy) is 1. The van der Waals surface area contributed by atoms with E-state index in [-0.39, 0.29) is 6.17 Å². The Bertz CT molecular complexity index is 493. The van der Waals surface area contributed by atoms with Crippen LogP contribution in [0.4, 0.5) is 0 Å². The van der Waals surface area contributed by atoms with E-state index in [4.69, 9.17) is 17.0 Å². The minimum Gasteiger partial charge on any atom is -0.378 e. The molecule has 1 unspecified atom stereocenters. The molecule has 1 fully saturated rings. The number of nitrogens with zero attached hydrogens (tertiary/aromatic N) is 1. The first-order valence-electron chi connectivity index (χ1n) is 6.74. The molecule has 0 amide bonds. The number of dihydropyridines is 1. The normalized spacial score (nSPS) is 24.6. The van der Waals surface area contributed by atoms with E-state index in [1.54, 1.807) is 0 Å². The first-order chi connectivity index (χ1) is 9.79. The Morgan fingerprint density at radius 1 is 1.40 bits per heavy atom. The molecule has 0 aliphatic carbocycles. The molecule has 3 heterocycles. The van der Waals surface area contributed by atoms with Gasteiger partial charge in [0.2, 0.25) is 0 Å². The van der Waals surface area contributed by atoms with Gasteiger partial charge in [0.05, 0.1) is 18.9 Å². The summed E-state index contributed by atoms with van der Waals surface area (Å²) in [6, 6.07) is 0. The predicted octanol–water partition coefficient (Wildman–Crippen LogP) is -0.446. The minimum atomic E-state index is 0.0972. The van der Waals surface area contributed by atoms with Crippen molar-refractivity contribution in [2.45, 2.75) is 6.17 Å². The molecule has 3 aliphatic rings. The molecule has 1 atom stereocenters. The van der Waals surface area contributed by atoms with Gasteiger partial charge in [0, 0.05) is 43.8 Å². The lowest BCUT2D eigenvalue weighted by Gasteiger charge is -2.34. The molecular weight excluding hydrogens is 274 g/mol. The first kappa shape index (κ1) is 13.3. The van der Waals surface area contributed by atoms with Crippen LogP contribution in [0, 0.1) is 0 Å². The number of nitrogens with one attached hydrogen (secondary N) is 4. The highest BCUT2D eigenvalue weighted by molar-refractivity contribution is 7.80. The van der Waals surface area contributed by atoms with E-state index >= 15 is 0 Å². The van der Waals surface area contributed by atoms with E-state index in [9.17, 15) is 0 Å². The first-order valence-corrected chi connectivity index (χ1v) is 7.15.